The Hall–Kier alpha value is -2.88. The van der Waals surface area contributed by atoms with Crippen LogP contribution >= 0.6 is 15.9 Å². The molecular weight excluding hydrogens is 504 g/mol. The van der Waals surface area contributed by atoms with E-state index in [0.717, 1.165) is 44.2 Å². The van der Waals surface area contributed by atoms with Crippen molar-refractivity contribution in [3.05, 3.63) is 51.1 Å². The highest BCUT2D eigenvalue weighted by molar-refractivity contribution is 9.10. The lowest BCUT2D eigenvalue weighted by Crippen LogP contribution is -2.47. The molecule has 0 spiro atoms. The van der Waals surface area contributed by atoms with Gasteiger partial charge >= 0.3 is 11.7 Å². The third-order valence-electron chi connectivity index (χ3n) is 6.49. The summed E-state index contributed by atoms with van der Waals surface area (Å²) in [5.74, 6) is 0.0274. The molecule has 1 aromatic carbocycles. The van der Waals surface area contributed by atoms with Crippen molar-refractivity contribution in [3.63, 3.8) is 0 Å². The Morgan fingerprint density at radius 2 is 1.74 bits per heavy atom. The van der Waals surface area contributed by atoms with E-state index in [9.17, 15) is 20.0 Å². The molecule has 2 aromatic rings. The van der Waals surface area contributed by atoms with Gasteiger partial charge in [-0.1, -0.05) is 12.1 Å². The maximum Gasteiger partial charge on any atom is 0.325 e. The number of anilines is 2. The number of carbonyl (C=O) groups is 1. The largest absolute Gasteiger partial charge is 0.506 e. The van der Waals surface area contributed by atoms with Crippen LogP contribution < -0.4 is 9.80 Å². The van der Waals surface area contributed by atoms with Gasteiger partial charge in [0.05, 0.1) is 17.2 Å². The first-order valence-electron chi connectivity index (χ1n) is 11.7. The summed E-state index contributed by atoms with van der Waals surface area (Å²) in [5, 5.41) is 22.2. The topological polar surface area (TPSA) is 109 Å². The fourth-order valence-corrected chi connectivity index (χ4v) is 5.17. The minimum Gasteiger partial charge on any atom is -0.506 e. The van der Waals surface area contributed by atoms with Gasteiger partial charge in [0, 0.05) is 24.2 Å². The molecule has 10 heteroatoms. The van der Waals surface area contributed by atoms with Crippen LogP contribution in [0, 0.1) is 10.1 Å². The van der Waals surface area contributed by atoms with Gasteiger partial charge in [0.15, 0.2) is 0 Å². The number of rotatable bonds is 9. The lowest BCUT2D eigenvalue weighted by atomic mass is 9.88. The zero-order valence-corrected chi connectivity index (χ0v) is 20.7. The van der Waals surface area contributed by atoms with Gasteiger partial charge in [0.2, 0.25) is 5.82 Å². The number of esters is 1. The number of para-hydroxylation sites is 2. The van der Waals surface area contributed by atoms with Crippen LogP contribution in [0.15, 0.2) is 41.0 Å². The highest BCUT2D eigenvalue weighted by Crippen LogP contribution is 2.42. The molecule has 9 nitrogen and oxygen atoms in total. The normalized spacial score (nSPS) is 19.9. The minimum absolute atomic E-state index is 0.0911. The Kier molecular flexibility index (Phi) is 7.55. The molecular formula is C24H29BrN4O5. The molecule has 4 rings (SSSR count). The number of carbonyl (C=O) groups excluding carboxylic acids is 1. The molecule has 0 unspecified atom stereocenters. The number of nitro groups is 1. The standard InChI is InChI=1S/C24H29BrN4O5/c1-2-34-23(31)15-27(24-20(29(32)33)13-14-22(25)26-24)16-7-9-17(10-8-16)28(18-11-12-18)19-5-3-4-6-21(19)30/h3-6,13-14,16-18,30H,2,7-12,15H2,1H3. The number of phenols is 1. The summed E-state index contributed by atoms with van der Waals surface area (Å²) in [5.41, 5.74) is 0.726. The van der Waals surface area contributed by atoms with Crippen molar-refractivity contribution in [1.29, 1.82) is 0 Å². The van der Waals surface area contributed by atoms with E-state index in [1.165, 1.54) is 12.1 Å². The number of aromatic nitrogens is 1. The molecule has 0 radical (unpaired) electrons. The number of hydrogen-bond acceptors (Lipinski definition) is 8. The van der Waals surface area contributed by atoms with Gasteiger partial charge in [-0.3, -0.25) is 14.9 Å². The van der Waals surface area contributed by atoms with Crippen LogP contribution in [0.25, 0.3) is 0 Å². The molecule has 0 atom stereocenters. The van der Waals surface area contributed by atoms with Crippen molar-refractivity contribution in [1.82, 2.24) is 4.98 Å². The molecule has 1 N–H and O–H groups in total. The molecule has 182 valence electrons. The molecule has 0 bridgehead atoms. The van der Waals surface area contributed by atoms with Crippen molar-refractivity contribution in [2.75, 3.05) is 23.0 Å². The van der Waals surface area contributed by atoms with Crippen LogP contribution in [0.5, 0.6) is 5.75 Å². The van der Waals surface area contributed by atoms with Gasteiger partial charge in [0.25, 0.3) is 0 Å². The van der Waals surface area contributed by atoms with E-state index in [2.05, 4.69) is 25.8 Å². The number of benzene rings is 1. The molecule has 34 heavy (non-hydrogen) atoms. The Morgan fingerprint density at radius 3 is 2.32 bits per heavy atom. The van der Waals surface area contributed by atoms with Gasteiger partial charge in [-0.05, 0) is 79.6 Å². The van der Waals surface area contributed by atoms with Gasteiger partial charge in [-0.25, -0.2) is 4.98 Å². The van der Waals surface area contributed by atoms with Crippen LogP contribution in [-0.4, -0.2) is 52.3 Å². The van der Waals surface area contributed by atoms with Crippen molar-refractivity contribution in [2.45, 2.75) is 63.6 Å². The lowest BCUT2D eigenvalue weighted by molar-refractivity contribution is -0.384. The van der Waals surface area contributed by atoms with E-state index in [4.69, 9.17) is 4.74 Å². The molecule has 2 fully saturated rings. The summed E-state index contributed by atoms with van der Waals surface area (Å²) in [4.78, 5) is 32.1. The number of phenolic OH excluding ortho intramolecular Hbond substituents is 1. The summed E-state index contributed by atoms with van der Waals surface area (Å²) in [7, 11) is 0. The zero-order valence-electron chi connectivity index (χ0n) is 19.1. The van der Waals surface area contributed by atoms with E-state index in [0.29, 0.717) is 10.6 Å². The number of nitrogens with zero attached hydrogens (tertiary/aromatic N) is 4. The summed E-state index contributed by atoms with van der Waals surface area (Å²) >= 11 is 3.31. The van der Waals surface area contributed by atoms with E-state index in [1.807, 2.05) is 18.2 Å². The van der Waals surface area contributed by atoms with Crippen LogP contribution in [0.1, 0.15) is 45.4 Å². The van der Waals surface area contributed by atoms with Crippen LogP contribution in [0.3, 0.4) is 0 Å². The number of halogens is 1. The molecule has 1 heterocycles. The highest BCUT2D eigenvalue weighted by atomic mass is 79.9. The third-order valence-corrected chi connectivity index (χ3v) is 6.94. The van der Waals surface area contributed by atoms with Gasteiger partial charge in [-0.15, -0.1) is 0 Å². The highest BCUT2D eigenvalue weighted by Gasteiger charge is 2.39. The van der Waals surface area contributed by atoms with Crippen LogP contribution in [-0.2, 0) is 9.53 Å². The number of pyridine rings is 1. The average molecular weight is 533 g/mol. The van der Waals surface area contributed by atoms with Crippen LogP contribution in [0.4, 0.5) is 17.2 Å². The van der Waals surface area contributed by atoms with E-state index >= 15 is 0 Å². The monoisotopic (exact) mass is 532 g/mol. The summed E-state index contributed by atoms with van der Waals surface area (Å²) < 4.78 is 5.63. The third kappa shape index (κ3) is 5.43. The number of aromatic hydroxyl groups is 1. The molecule has 2 aliphatic carbocycles. The summed E-state index contributed by atoms with van der Waals surface area (Å²) in [6.45, 7) is 1.88. The molecule has 2 saturated carbocycles. The average Bonchev–Trinajstić information content (AvgIpc) is 3.65. The molecule has 0 aliphatic heterocycles. The Bertz CT molecular complexity index is 1040. The van der Waals surface area contributed by atoms with Gasteiger partial charge < -0.3 is 19.6 Å². The number of ether oxygens (including phenoxy) is 1. The fraction of sp³-hybridized carbons (Fsp3) is 0.500. The van der Waals surface area contributed by atoms with Crippen LogP contribution in [0.2, 0.25) is 0 Å². The van der Waals surface area contributed by atoms with E-state index in [1.54, 1.807) is 17.9 Å². The van der Waals surface area contributed by atoms with E-state index < -0.39 is 10.9 Å². The Balaban J connectivity index is 1.57. The Labute approximate surface area is 207 Å². The Morgan fingerprint density at radius 1 is 1.12 bits per heavy atom. The predicted octanol–water partition coefficient (Wildman–Crippen LogP) is 4.81. The second kappa shape index (κ2) is 10.6. The first-order valence-corrected chi connectivity index (χ1v) is 12.5. The quantitative estimate of drug-likeness (QED) is 0.212. The maximum atomic E-state index is 12.4. The van der Waals surface area contributed by atoms with Crippen molar-refractivity contribution in [3.8, 4) is 5.75 Å². The first kappa shape index (κ1) is 24.3. The zero-order chi connectivity index (χ0) is 24.2. The number of hydrogen-bond donors (Lipinski definition) is 1. The van der Waals surface area contributed by atoms with Crippen molar-refractivity contribution in [2.24, 2.45) is 0 Å². The first-order chi connectivity index (χ1) is 16.4. The van der Waals surface area contributed by atoms with Crippen molar-refractivity contribution < 1.29 is 19.6 Å². The van der Waals surface area contributed by atoms with E-state index in [-0.39, 0.29) is 42.5 Å². The molecule has 2 aliphatic rings. The minimum atomic E-state index is -0.467. The molecule has 0 saturated heterocycles. The SMILES string of the molecule is CCOC(=O)CN(c1nc(Br)ccc1[N+](=O)[O-])C1CCC(N(c2ccccc2O)C2CC2)CC1. The second-order valence-electron chi connectivity index (χ2n) is 8.76. The lowest BCUT2D eigenvalue weighted by Gasteiger charge is -2.42. The fourth-order valence-electron chi connectivity index (χ4n) is 4.87. The maximum absolute atomic E-state index is 12.4. The second-order valence-corrected chi connectivity index (χ2v) is 9.57. The molecule has 1 aromatic heterocycles. The summed E-state index contributed by atoms with van der Waals surface area (Å²) in [6.07, 6.45) is 5.39. The van der Waals surface area contributed by atoms with Crippen molar-refractivity contribution >= 4 is 39.1 Å². The predicted molar refractivity (Wildman–Crippen MR) is 132 cm³/mol. The molecule has 0 amide bonds. The van der Waals surface area contributed by atoms with Gasteiger partial charge in [-0.2, -0.15) is 0 Å². The smallest absolute Gasteiger partial charge is 0.325 e. The summed E-state index contributed by atoms with van der Waals surface area (Å²) in [6, 6.07) is 11.0. The van der Waals surface area contributed by atoms with Gasteiger partial charge in [0.1, 0.15) is 16.9 Å².